The highest BCUT2D eigenvalue weighted by atomic mass is 16.5. The molecule has 4 nitrogen and oxygen atoms in total. The van der Waals surface area contributed by atoms with Crippen molar-refractivity contribution < 1.29 is 9.53 Å². The molecule has 1 aliphatic heterocycles. The van der Waals surface area contributed by atoms with Crippen molar-refractivity contribution in [1.82, 2.24) is 0 Å². The third-order valence-electron chi connectivity index (χ3n) is 3.42. The summed E-state index contributed by atoms with van der Waals surface area (Å²) in [7, 11) is 1.77. The van der Waals surface area contributed by atoms with Crippen LogP contribution >= 0.6 is 0 Å². The molecule has 106 valence electrons. The molecule has 0 saturated heterocycles. The van der Waals surface area contributed by atoms with Crippen molar-refractivity contribution in [2.24, 2.45) is 4.99 Å². The number of nitrogens with zero attached hydrogens (tertiary/aromatic N) is 2. The second-order valence-electron chi connectivity index (χ2n) is 4.77. The van der Waals surface area contributed by atoms with Crippen LogP contribution in [0.4, 0.5) is 11.4 Å². The first-order valence-corrected chi connectivity index (χ1v) is 6.89. The number of ether oxygens (including phenoxy) is 1. The van der Waals surface area contributed by atoms with Gasteiger partial charge < -0.3 is 9.64 Å². The van der Waals surface area contributed by atoms with E-state index < -0.39 is 0 Å². The first kappa shape index (κ1) is 13.4. The van der Waals surface area contributed by atoms with Crippen LogP contribution < -0.4 is 9.64 Å². The van der Waals surface area contributed by atoms with Gasteiger partial charge in [0.05, 0.1) is 18.0 Å². The molecular formula is C17H16N2O2. The summed E-state index contributed by atoms with van der Waals surface area (Å²) in [5.74, 6) is 0.724. The minimum Gasteiger partial charge on any atom is -0.494 e. The molecule has 1 aliphatic rings. The van der Waals surface area contributed by atoms with Crippen molar-refractivity contribution in [1.29, 1.82) is 0 Å². The fourth-order valence-electron chi connectivity index (χ4n) is 2.37. The van der Waals surface area contributed by atoms with E-state index in [1.54, 1.807) is 11.9 Å². The summed E-state index contributed by atoms with van der Waals surface area (Å²) >= 11 is 0. The lowest BCUT2D eigenvalue weighted by Gasteiger charge is -2.07. The third-order valence-corrected chi connectivity index (χ3v) is 3.42. The van der Waals surface area contributed by atoms with E-state index in [1.807, 2.05) is 55.5 Å². The van der Waals surface area contributed by atoms with Gasteiger partial charge in [-0.05, 0) is 37.3 Å². The molecule has 1 heterocycles. The van der Waals surface area contributed by atoms with E-state index >= 15 is 0 Å². The highest BCUT2D eigenvalue weighted by molar-refractivity contribution is 6.54. The van der Waals surface area contributed by atoms with Crippen LogP contribution in [0.15, 0.2) is 53.5 Å². The molecule has 0 fully saturated rings. The maximum absolute atomic E-state index is 12.3. The zero-order chi connectivity index (χ0) is 14.8. The topological polar surface area (TPSA) is 41.9 Å². The van der Waals surface area contributed by atoms with Crippen LogP contribution in [0.2, 0.25) is 0 Å². The van der Waals surface area contributed by atoms with Gasteiger partial charge in [0.15, 0.2) is 0 Å². The zero-order valence-electron chi connectivity index (χ0n) is 12.0. The summed E-state index contributed by atoms with van der Waals surface area (Å²) in [5.41, 5.74) is 3.00. The van der Waals surface area contributed by atoms with Crippen LogP contribution in [-0.4, -0.2) is 25.3 Å². The average Bonchev–Trinajstić information content (AvgIpc) is 2.75. The zero-order valence-corrected chi connectivity index (χ0v) is 12.0. The molecule has 2 aromatic carbocycles. The van der Waals surface area contributed by atoms with Gasteiger partial charge in [-0.1, -0.05) is 18.2 Å². The van der Waals surface area contributed by atoms with E-state index in [0.717, 1.165) is 22.7 Å². The minimum atomic E-state index is -0.0786. The van der Waals surface area contributed by atoms with Gasteiger partial charge in [-0.15, -0.1) is 0 Å². The molecule has 0 atom stereocenters. The number of hydrogen-bond donors (Lipinski definition) is 0. The lowest BCUT2D eigenvalue weighted by atomic mass is 10.1. The molecule has 0 radical (unpaired) electrons. The molecule has 0 aromatic heterocycles. The van der Waals surface area contributed by atoms with Gasteiger partial charge in [-0.25, -0.2) is 4.99 Å². The third kappa shape index (κ3) is 2.40. The van der Waals surface area contributed by atoms with Crippen molar-refractivity contribution in [2.75, 3.05) is 18.6 Å². The Bertz CT molecular complexity index is 705. The van der Waals surface area contributed by atoms with E-state index in [9.17, 15) is 4.79 Å². The second kappa shape index (κ2) is 5.40. The lowest BCUT2D eigenvalue weighted by molar-refractivity contribution is -0.111. The first-order valence-electron chi connectivity index (χ1n) is 6.89. The Labute approximate surface area is 123 Å². The molecule has 0 spiro atoms. The summed E-state index contributed by atoms with van der Waals surface area (Å²) < 4.78 is 5.40. The Hall–Kier alpha value is -2.62. The predicted octanol–water partition coefficient (Wildman–Crippen LogP) is 3.18. The van der Waals surface area contributed by atoms with E-state index in [1.165, 1.54) is 0 Å². The largest absolute Gasteiger partial charge is 0.494 e. The van der Waals surface area contributed by atoms with Crippen LogP contribution in [0.3, 0.4) is 0 Å². The summed E-state index contributed by atoms with van der Waals surface area (Å²) in [6, 6.07) is 15.1. The minimum absolute atomic E-state index is 0.0786. The summed E-state index contributed by atoms with van der Waals surface area (Å²) in [5, 5.41) is 0. The van der Waals surface area contributed by atoms with Crippen LogP contribution in [-0.2, 0) is 4.79 Å². The average molecular weight is 280 g/mol. The number of rotatable bonds is 3. The fourth-order valence-corrected chi connectivity index (χ4v) is 2.37. The first-order chi connectivity index (χ1) is 10.2. The quantitative estimate of drug-likeness (QED) is 0.866. The second-order valence-corrected chi connectivity index (χ2v) is 4.77. The molecule has 0 saturated carbocycles. The summed E-state index contributed by atoms with van der Waals surface area (Å²) in [6.45, 7) is 2.57. The molecule has 0 unspecified atom stereocenters. The van der Waals surface area contributed by atoms with E-state index in [-0.39, 0.29) is 5.91 Å². The predicted molar refractivity (Wildman–Crippen MR) is 83.7 cm³/mol. The smallest absolute Gasteiger partial charge is 0.277 e. The maximum atomic E-state index is 12.3. The number of para-hydroxylation sites is 1. The molecule has 3 rings (SSSR count). The Kier molecular flexibility index (Phi) is 3.44. The number of anilines is 1. The fraction of sp³-hybridized carbons (Fsp3) is 0.176. The highest BCUT2D eigenvalue weighted by Gasteiger charge is 2.30. The Morgan fingerprint density at radius 1 is 1.10 bits per heavy atom. The van der Waals surface area contributed by atoms with E-state index in [0.29, 0.717) is 12.3 Å². The number of fused-ring (bicyclic) bond motifs is 1. The number of carbonyl (C=O) groups is 1. The van der Waals surface area contributed by atoms with Crippen molar-refractivity contribution in [3.8, 4) is 5.75 Å². The number of aliphatic imine (C=N–C) groups is 1. The molecule has 0 N–H and O–H groups in total. The van der Waals surface area contributed by atoms with Crippen LogP contribution in [0.1, 0.15) is 12.5 Å². The molecule has 0 aliphatic carbocycles. The summed E-state index contributed by atoms with van der Waals surface area (Å²) in [4.78, 5) is 18.4. The number of carbonyl (C=O) groups excluding carboxylic acids is 1. The monoisotopic (exact) mass is 280 g/mol. The van der Waals surface area contributed by atoms with Crippen molar-refractivity contribution in [2.45, 2.75) is 6.92 Å². The van der Waals surface area contributed by atoms with Gasteiger partial charge in [0, 0.05) is 12.6 Å². The Morgan fingerprint density at radius 2 is 1.81 bits per heavy atom. The van der Waals surface area contributed by atoms with Crippen LogP contribution in [0.25, 0.3) is 0 Å². The van der Waals surface area contributed by atoms with Gasteiger partial charge in [0.25, 0.3) is 5.91 Å². The number of likely N-dealkylation sites (N-methyl/N-ethyl adjacent to an activating group) is 1. The molecule has 4 heteroatoms. The number of benzene rings is 2. The number of hydrogen-bond acceptors (Lipinski definition) is 3. The van der Waals surface area contributed by atoms with Crippen LogP contribution in [0, 0.1) is 0 Å². The standard InChI is InChI=1S/C17H16N2O2/c1-3-21-13-10-8-12(9-11-13)18-16-14-6-4-5-7-15(14)19(2)17(16)20/h4-11H,3H2,1-2H3. The van der Waals surface area contributed by atoms with E-state index in [2.05, 4.69) is 4.99 Å². The molecule has 21 heavy (non-hydrogen) atoms. The maximum Gasteiger partial charge on any atom is 0.277 e. The van der Waals surface area contributed by atoms with E-state index in [4.69, 9.17) is 4.74 Å². The van der Waals surface area contributed by atoms with Crippen molar-refractivity contribution in [3.05, 3.63) is 54.1 Å². The number of amides is 1. The van der Waals surface area contributed by atoms with Crippen molar-refractivity contribution >= 4 is 23.0 Å². The summed E-state index contributed by atoms with van der Waals surface area (Å²) in [6.07, 6.45) is 0. The normalized spacial score (nSPS) is 15.4. The lowest BCUT2D eigenvalue weighted by Crippen LogP contribution is -2.25. The molecule has 1 amide bonds. The Balaban J connectivity index is 1.98. The molecule has 2 aromatic rings. The highest BCUT2D eigenvalue weighted by Crippen LogP contribution is 2.29. The Morgan fingerprint density at radius 3 is 2.52 bits per heavy atom. The SMILES string of the molecule is CCOc1ccc(N=C2C(=O)N(C)c3ccccc32)cc1. The van der Waals surface area contributed by atoms with Gasteiger partial charge in [-0.3, -0.25) is 4.79 Å². The molecular weight excluding hydrogens is 264 g/mol. The van der Waals surface area contributed by atoms with Gasteiger partial charge in [-0.2, -0.15) is 0 Å². The van der Waals surface area contributed by atoms with Crippen molar-refractivity contribution in [3.63, 3.8) is 0 Å². The van der Waals surface area contributed by atoms with Crippen LogP contribution in [0.5, 0.6) is 5.75 Å². The van der Waals surface area contributed by atoms with Gasteiger partial charge >= 0.3 is 0 Å². The van der Waals surface area contributed by atoms with Gasteiger partial charge in [0.2, 0.25) is 0 Å². The molecule has 0 bridgehead atoms. The van der Waals surface area contributed by atoms with Gasteiger partial charge in [0.1, 0.15) is 11.5 Å².